The van der Waals surface area contributed by atoms with E-state index < -0.39 is 0 Å². The summed E-state index contributed by atoms with van der Waals surface area (Å²) in [7, 11) is 0. The molecule has 0 aromatic rings. The third-order valence-electron chi connectivity index (χ3n) is 6.37. The molecule has 0 amide bonds. The zero-order valence-electron chi connectivity index (χ0n) is 18.4. The smallest absolute Gasteiger partial charge is 0.0298 e. The van der Waals surface area contributed by atoms with Gasteiger partial charge in [0.05, 0.1) is 0 Å². The van der Waals surface area contributed by atoms with Gasteiger partial charge in [0.25, 0.3) is 0 Å². The molecule has 0 N–H and O–H groups in total. The van der Waals surface area contributed by atoms with E-state index in [4.69, 9.17) is 0 Å². The number of rotatable bonds is 16. The van der Waals surface area contributed by atoms with E-state index in [1.54, 1.807) is 0 Å². The van der Waals surface area contributed by atoms with Crippen molar-refractivity contribution in [1.29, 1.82) is 0 Å². The fourth-order valence-corrected chi connectivity index (χ4v) is 5.05. The van der Waals surface area contributed by atoms with Gasteiger partial charge in [0.2, 0.25) is 0 Å². The maximum Gasteiger partial charge on any atom is -0.0298 e. The van der Waals surface area contributed by atoms with Crippen LogP contribution in [0.3, 0.4) is 0 Å². The summed E-state index contributed by atoms with van der Waals surface area (Å²) in [4.78, 5) is 0. The molecule has 0 bridgehead atoms. The van der Waals surface area contributed by atoms with Crippen molar-refractivity contribution in [2.24, 2.45) is 23.2 Å². The molecular formula is C24H50. The van der Waals surface area contributed by atoms with Crippen molar-refractivity contribution in [2.75, 3.05) is 0 Å². The topological polar surface area (TPSA) is 0 Å². The lowest BCUT2D eigenvalue weighted by atomic mass is 9.67. The normalized spacial score (nSPS) is 16.1. The third kappa shape index (κ3) is 10.1. The predicted octanol–water partition coefficient (Wildman–Crippen LogP) is 9.03. The molecule has 0 heterocycles. The van der Waals surface area contributed by atoms with Gasteiger partial charge in [-0.15, -0.1) is 0 Å². The van der Waals surface area contributed by atoms with Crippen LogP contribution < -0.4 is 0 Å². The van der Waals surface area contributed by atoms with Gasteiger partial charge in [0.1, 0.15) is 0 Å². The van der Waals surface area contributed by atoms with Crippen molar-refractivity contribution < 1.29 is 0 Å². The first-order chi connectivity index (χ1) is 11.4. The van der Waals surface area contributed by atoms with Gasteiger partial charge in [0.15, 0.2) is 0 Å². The maximum absolute atomic E-state index is 2.59. The molecule has 0 radical (unpaired) electrons. The van der Waals surface area contributed by atoms with Crippen LogP contribution in [0.5, 0.6) is 0 Å². The first-order valence-corrected chi connectivity index (χ1v) is 11.4. The van der Waals surface area contributed by atoms with Crippen LogP contribution in [0.15, 0.2) is 0 Å². The van der Waals surface area contributed by atoms with Crippen LogP contribution in [0, 0.1) is 23.2 Å². The number of unbranched alkanes of at least 4 members (excludes halogenated alkanes) is 1. The standard InChI is InChI=1S/C24H50/c1-8-12-15-21(5)20-22(6)16-13-17-23(14-9-2)24(7,18-10-3)19-11-4/h21-23H,8-20H2,1-7H3. The third-order valence-corrected chi connectivity index (χ3v) is 6.37. The molecule has 0 fully saturated rings. The zero-order valence-corrected chi connectivity index (χ0v) is 18.4. The minimum atomic E-state index is 0.594. The fraction of sp³-hybridized carbons (Fsp3) is 1.00. The lowest BCUT2D eigenvalue weighted by Gasteiger charge is -2.38. The Hall–Kier alpha value is 0. The Labute approximate surface area is 155 Å². The second-order valence-corrected chi connectivity index (χ2v) is 9.16. The molecule has 0 nitrogen and oxygen atoms in total. The summed E-state index contributed by atoms with van der Waals surface area (Å²) >= 11 is 0. The van der Waals surface area contributed by atoms with Crippen molar-refractivity contribution in [3.8, 4) is 0 Å². The quantitative estimate of drug-likeness (QED) is 0.263. The highest BCUT2D eigenvalue weighted by atomic mass is 14.4. The summed E-state index contributed by atoms with van der Waals surface area (Å²) in [6.45, 7) is 17.0. The first kappa shape index (κ1) is 24.0. The van der Waals surface area contributed by atoms with Gasteiger partial charge >= 0.3 is 0 Å². The molecular weight excluding hydrogens is 288 g/mol. The molecule has 24 heavy (non-hydrogen) atoms. The molecule has 146 valence electrons. The fourth-order valence-electron chi connectivity index (χ4n) is 5.05. The van der Waals surface area contributed by atoms with Gasteiger partial charge in [-0.3, -0.25) is 0 Å². The molecule has 0 aromatic heterocycles. The van der Waals surface area contributed by atoms with E-state index in [-0.39, 0.29) is 0 Å². The Morgan fingerprint density at radius 2 is 1.17 bits per heavy atom. The molecule has 0 saturated heterocycles. The molecule has 0 aliphatic rings. The van der Waals surface area contributed by atoms with E-state index in [2.05, 4.69) is 48.5 Å². The van der Waals surface area contributed by atoms with E-state index in [0.717, 1.165) is 17.8 Å². The van der Waals surface area contributed by atoms with Crippen molar-refractivity contribution in [1.82, 2.24) is 0 Å². The molecule has 3 atom stereocenters. The van der Waals surface area contributed by atoms with Gasteiger partial charge in [-0.2, -0.15) is 0 Å². The Morgan fingerprint density at radius 1 is 0.625 bits per heavy atom. The highest BCUT2D eigenvalue weighted by Crippen LogP contribution is 2.42. The Balaban J connectivity index is 4.37. The van der Waals surface area contributed by atoms with Crippen LogP contribution in [-0.2, 0) is 0 Å². The first-order valence-electron chi connectivity index (χ1n) is 11.4. The highest BCUT2D eigenvalue weighted by Gasteiger charge is 2.31. The summed E-state index contributed by atoms with van der Waals surface area (Å²) in [6.07, 6.45) is 18.4. The van der Waals surface area contributed by atoms with Crippen molar-refractivity contribution >= 4 is 0 Å². The summed E-state index contributed by atoms with van der Waals surface area (Å²) < 4.78 is 0. The monoisotopic (exact) mass is 338 g/mol. The van der Waals surface area contributed by atoms with Gasteiger partial charge < -0.3 is 0 Å². The van der Waals surface area contributed by atoms with Crippen LogP contribution in [0.4, 0.5) is 0 Å². The Bertz CT molecular complexity index is 261. The average molecular weight is 339 g/mol. The lowest BCUT2D eigenvalue weighted by Crippen LogP contribution is -2.27. The van der Waals surface area contributed by atoms with Crippen molar-refractivity contribution in [3.63, 3.8) is 0 Å². The molecule has 0 heteroatoms. The van der Waals surface area contributed by atoms with Gasteiger partial charge in [-0.1, -0.05) is 106 Å². The average Bonchev–Trinajstić information content (AvgIpc) is 2.52. The van der Waals surface area contributed by atoms with Crippen LogP contribution in [0.1, 0.15) is 132 Å². The van der Waals surface area contributed by atoms with Gasteiger partial charge in [-0.25, -0.2) is 0 Å². The summed E-state index contributed by atoms with van der Waals surface area (Å²) in [5.41, 5.74) is 0.594. The molecule has 0 spiro atoms. The minimum Gasteiger partial charge on any atom is -0.0654 e. The zero-order chi connectivity index (χ0) is 18.4. The van der Waals surface area contributed by atoms with Gasteiger partial charge in [0, 0.05) is 0 Å². The predicted molar refractivity (Wildman–Crippen MR) is 113 cm³/mol. The maximum atomic E-state index is 2.59. The molecule has 0 rings (SSSR count). The Kier molecular flexibility index (Phi) is 14.2. The molecule has 0 aliphatic heterocycles. The second kappa shape index (κ2) is 14.2. The largest absolute Gasteiger partial charge is 0.0654 e. The molecule has 0 saturated carbocycles. The summed E-state index contributed by atoms with van der Waals surface area (Å²) in [5, 5.41) is 0. The van der Waals surface area contributed by atoms with Crippen molar-refractivity contribution in [2.45, 2.75) is 132 Å². The molecule has 3 unspecified atom stereocenters. The number of hydrogen-bond acceptors (Lipinski definition) is 0. The number of hydrogen-bond donors (Lipinski definition) is 0. The van der Waals surface area contributed by atoms with E-state index in [9.17, 15) is 0 Å². The van der Waals surface area contributed by atoms with Crippen LogP contribution in [0.25, 0.3) is 0 Å². The Morgan fingerprint density at radius 3 is 1.62 bits per heavy atom. The molecule has 0 aromatic carbocycles. The SMILES string of the molecule is CCCCC(C)CC(C)CCCC(CCC)C(C)(CCC)CCC. The lowest BCUT2D eigenvalue weighted by molar-refractivity contribution is 0.125. The molecule has 0 aliphatic carbocycles. The highest BCUT2D eigenvalue weighted by molar-refractivity contribution is 4.82. The second-order valence-electron chi connectivity index (χ2n) is 9.16. The van der Waals surface area contributed by atoms with E-state index in [0.29, 0.717) is 5.41 Å². The van der Waals surface area contributed by atoms with E-state index >= 15 is 0 Å². The van der Waals surface area contributed by atoms with Crippen LogP contribution in [0.2, 0.25) is 0 Å². The van der Waals surface area contributed by atoms with Gasteiger partial charge in [-0.05, 0) is 48.9 Å². The van der Waals surface area contributed by atoms with Crippen LogP contribution >= 0.6 is 0 Å². The van der Waals surface area contributed by atoms with Crippen LogP contribution in [-0.4, -0.2) is 0 Å². The van der Waals surface area contributed by atoms with E-state index in [1.807, 2.05) is 0 Å². The van der Waals surface area contributed by atoms with E-state index in [1.165, 1.54) is 83.5 Å². The minimum absolute atomic E-state index is 0.594. The summed E-state index contributed by atoms with van der Waals surface area (Å²) in [5.74, 6) is 2.80. The summed E-state index contributed by atoms with van der Waals surface area (Å²) in [6, 6.07) is 0. The van der Waals surface area contributed by atoms with Crippen molar-refractivity contribution in [3.05, 3.63) is 0 Å².